The third kappa shape index (κ3) is 3.64. The maximum Gasteiger partial charge on any atom is 0.261 e. The smallest absolute Gasteiger partial charge is 0.261 e. The summed E-state index contributed by atoms with van der Waals surface area (Å²) in [6.07, 6.45) is 2.55. The summed E-state index contributed by atoms with van der Waals surface area (Å²) in [5, 5.41) is 0. The van der Waals surface area contributed by atoms with Crippen molar-refractivity contribution in [2.45, 2.75) is 33.1 Å². The van der Waals surface area contributed by atoms with Gasteiger partial charge in [0, 0.05) is 60.1 Å². The van der Waals surface area contributed by atoms with Crippen LogP contribution in [0.25, 0.3) is 5.65 Å². The van der Waals surface area contributed by atoms with Crippen molar-refractivity contribution in [3.05, 3.63) is 62.7 Å². The van der Waals surface area contributed by atoms with Crippen molar-refractivity contribution in [2.75, 3.05) is 40.5 Å². The third-order valence-corrected chi connectivity index (χ3v) is 7.20. The van der Waals surface area contributed by atoms with Gasteiger partial charge in [0.25, 0.3) is 5.56 Å². The fourth-order valence-corrected chi connectivity index (χ4v) is 5.42. The lowest BCUT2D eigenvalue weighted by Gasteiger charge is -2.30. The van der Waals surface area contributed by atoms with Crippen LogP contribution < -0.4 is 19.8 Å². The van der Waals surface area contributed by atoms with Crippen LogP contribution in [-0.4, -0.2) is 54.7 Å². The van der Waals surface area contributed by atoms with Gasteiger partial charge in [-0.25, -0.2) is 4.98 Å². The predicted octanol–water partition coefficient (Wildman–Crippen LogP) is 3.29. The van der Waals surface area contributed by atoms with E-state index in [4.69, 9.17) is 14.2 Å². The molecule has 0 spiro atoms. The number of ether oxygens (including phenoxy) is 3. The fourth-order valence-electron chi connectivity index (χ4n) is 5.42. The van der Waals surface area contributed by atoms with Gasteiger partial charge in [-0.05, 0) is 44.9 Å². The molecule has 2 atom stereocenters. The van der Waals surface area contributed by atoms with Crippen LogP contribution in [0.15, 0.2) is 29.2 Å². The standard InChI is InChI=1S/C26H31N3O4/c1-15-6-7-23-27-17(3)19(26(30)29(23)11-15)8-9-28-12-18-14-33-25-20(21(18)13-28)10-22(31-4)16(2)24(25)32-5/h6-7,10-11,18,21H,8-9,12-14H2,1-5H3/t18-,21-/m0/s1. The second-order valence-corrected chi connectivity index (χ2v) is 9.26. The molecule has 5 rings (SSSR count). The van der Waals surface area contributed by atoms with Gasteiger partial charge in [0.2, 0.25) is 0 Å². The molecule has 3 aromatic rings. The largest absolute Gasteiger partial charge is 0.496 e. The second kappa shape index (κ2) is 8.37. The summed E-state index contributed by atoms with van der Waals surface area (Å²) in [6, 6.07) is 6.00. The van der Waals surface area contributed by atoms with Gasteiger partial charge in [-0.1, -0.05) is 6.07 Å². The number of methoxy groups -OCH3 is 2. The highest BCUT2D eigenvalue weighted by atomic mass is 16.5. The molecule has 174 valence electrons. The molecule has 2 aliphatic heterocycles. The normalized spacial score (nSPS) is 19.8. The predicted molar refractivity (Wildman–Crippen MR) is 127 cm³/mol. The van der Waals surface area contributed by atoms with Gasteiger partial charge in [-0.15, -0.1) is 0 Å². The van der Waals surface area contributed by atoms with Crippen LogP contribution in [0.2, 0.25) is 0 Å². The van der Waals surface area contributed by atoms with Crippen LogP contribution in [0.4, 0.5) is 0 Å². The van der Waals surface area contributed by atoms with Gasteiger partial charge in [0.1, 0.15) is 11.4 Å². The number of benzene rings is 1. The molecule has 0 radical (unpaired) electrons. The number of likely N-dealkylation sites (tertiary alicyclic amines) is 1. The van der Waals surface area contributed by atoms with E-state index in [1.807, 2.05) is 39.1 Å². The highest BCUT2D eigenvalue weighted by Gasteiger charge is 2.40. The van der Waals surface area contributed by atoms with E-state index >= 15 is 0 Å². The minimum atomic E-state index is 0.0384. The molecule has 33 heavy (non-hydrogen) atoms. The van der Waals surface area contributed by atoms with Crippen LogP contribution in [0.3, 0.4) is 0 Å². The Balaban J connectivity index is 1.38. The Morgan fingerprint density at radius 3 is 2.73 bits per heavy atom. The topological polar surface area (TPSA) is 65.3 Å². The number of aryl methyl sites for hydroxylation is 2. The number of hydrogen-bond donors (Lipinski definition) is 0. The first-order chi connectivity index (χ1) is 15.9. The molecule has 1 saturated heterocycles. The van der Waals surface area contributed by atoms with E-state index in [2.05, 4.69) is 16.0 Å². The van der Waals surface area contributed by atoms with E-state index in [0.29, 0.717) is 30.5 Å². The molecular weight excluding hydrogens is 418 g/mol. The molecule has 1 aromatic carbocycles. The summed E-state index contributed by atoms with van der Waals surface area (Å²) in [5.74, 6) is 3.21. The SMILES string of the molecule is COc1cc2c(c(OC)c1C)OC[C@@H]1CN(CCc3c(C)nc4ccc(C)cn4c3=O)C[C@H]21. The van der Waals surface area contributed by atoms with Gasteiger partial charge in [0.15, 0.2) is 11.5 Å². The summed E-state index contributed by atoms with van der Waals surface area (Å²) in [4.78, 5) is 20.3. The number of aromatic nitrogens is 2. The molecule has 4 heterocycles. The quantitative estimate of drug-likeness (QED) is 0.596. The lowest BCUT2D eigenvalue weighted by Crippen LogP contribution is -2.29. The first kappa shape index (κ1) is 21.8. The highest BCUT2D eigenvalue weighted by Crippen LogP contribution is 2.49. The number of pyridine rings is 1. The van der Waals surface area contributed by atoms with Crippen molar-refractivity contribution in [2.24, 2.45) is 5.92 Å². The molecule has 0 unspecified atom stereocenters. The highest BCUT2D eigenvalue weighted by molar-refractivity contribution is 5.60. The molecule has 0 amide bonds. The van der Waals surface area contributed by atoms with E-state index < -0.39 is 0 Å². The van der Waals surface area contributed by atoms with Crippen molar-refractivity contribution in [3.8, 4) is 17.2 Å². The Morgan fingerprint density at radius 2 is 1.97 bits per heavy atom. The van der Waals surface area contributed by atoms with Crippen molar-refractivity contribution in [1.82, 2.24) is 14.3 Å². The first-order valence-corrected chi connectivity index (χ1v) is 11.5. The van der Waals surface area contributed by atoms with E-state index in [1.54, 1.807) is 18.6 Å². The number of nitrogens with zero attached hydrogens (tertiary/aromatic N) is 3. The average Bonchev–Trinajstić information content (AvgIpc) is 3.22. The van der Waals surface area contributed by atoms with Gasteiger partial charge < -0.3 is 19.1 Å². The fraction of sp³-hybridized carbons (Fsp3) is 0.462. The monoisotopic (exact) mass is 449 g/mol. The lowest BCUT2D eigenvalue weighted by molar-refractivity contribution is 0.203. The molecule has 0 bridgehead atoms. The number of hydrogen-bond acceptors (Lipinski definition) is 6. The zero-order valence-corrected chi connectivity index (χ0v) is 20.0. The Bertz CT molecular complexity index is 1280. The van der Waals surface area contributed by atoms with Crippen LogP contribution in [0.1, 0.15) is 33.9 Å². The maximum atomic E-state index is 13.2. The van der Waals surface area contributed by atoms with Gasteiger partial charge in [0.05, 0.1) is 20.8 Å². The average molecular weight is 450 g/mol. The summed E-state index contributed by atoms with van der Waals surface area (Å²) in [5.41, 5.74) is 5.52. The first-order valence-electron chi connectivity index (χ1n) is 11.5. The number of rotatable bonds is 5. The minimum absolute atomic E-state index is 0.0384. The molecule has 0 saturated carbocycles. The Morgan fingerprint density at radius 1 is 1.15 bits per heavy atom. The van der Waals surface area contributed by atoms with E-state index in [9.17, 15) is 4.79 Å². The Labute approximate surface area is 193 Å². The van der Waals surface area contributed by atoms with Crippen LogP contribution in [-0.2, 0) is 6.42 Å². The Hall–Kier alpha value is -3.06. The summed E-state index contributed by atoms with van der Waals surface area (Å²) in [6.45, 7) is 9.29. The number of fused-ring (bicyclic) bond motifs is 4. The second-order valence-electron chi connectivity index (χ2n) is 9.26. The molecule has 1 fully saturated rings. The molecular formula is C26H31N3O4. The van der Waals surface area contributed by atoms with E-state index in [1.165, 1.54) is 0 Å². The van der Waals surface area contributed by atoms with Crippen molar-refractivity contribution < 1.29 is 14.2 Å². The maximum absolute atomic E-state index is 13.2. The van der Waals surface area contributed by atoms with E-state index in [-0.39, 0.29) is 5.56 Å². The summed E-state index contributed by atoms with van der Waals surface area (Å²) >= 11 is 0. The molecule has 0 N–H and O–H groups in total. The minimum Gasteiger partial charge on any atom is -0.496 e. The van der Waals surface area contributed by atoms with Gasteiger partial charge >= 0.3 is 0 Å². The van der Waals surface area contributed by atoms with Gasteiger partial charge in [-0.2, -0.15) is 0 Å². The summed E-state index contributed by atoms with van der Waals surface area (Å²) in [7, 11) is 3.37. The molecule has 2 aromatic heterocycles. The van der Waals surface area contributed by atoms with Crippen molar-refractivity contribution in [3.63, 3.8) is 0 Å². The van der Waals surface area contributed by atoms with Crippen molar-refractivity contribution >= 4 is 5.65 Å². The Kier molecular flexibility index (Phi) is 5.52. The van der Waals surface area contributed by atoms with E-state index in [0.717, 1.165) is 64.8 Å². The van der Waals surface area contributed by atoms with Crippen molar-refractivity contribution in [1.29, 1.82) is 0 Å². The zero-order valence-electron chi connectivity index (χ0n) is 20.0. The molecule has 2 aliphatic rings. The van der Waals surface area contributed by atoms with Crippen LogP contribution in [0, 0.1) is 26.7 Å². The zero-order chi connectivity index (χ0) is 23.3. The molecule has 7 heteroatoms. The lowest BCUT2D eigenvalue weighted by atomic mass is 9.86. The third-order valence-electron chi connectivity index (χ3n) is 7.20. The summed E-state index contributed by atoms with van der Waals surface area (Å²) < 4.78 is 19.1. The van der Waals surface area contributed by atoms with Crippen LogP contribution >= 0.6 is 0 Å². The van der Waals surface area contributed by atoms with Crippen LogP contribution in [0.5, 0.6) is 17.2 Å². The molecule has 0 aliphatic carbocycles. The molecule has 7 nitrogen and oxygen atoms in total. The van der Waals surface area contributed by atoms with Gasteiger partial charge in [-0.3, -0.25) is 9.20 Å².